The van der Waals surface area contributed by atoms with E-state index < -0.39 is 0 Å². The normalized spacial score (nSPS) is 23.2. The van der Waals surface area contributed by atoms with Crippen molar-refractivity contribution >= 4 is 33.1 Å². The fourth-order valence-electron chi connectivity index (χ4n) is 5.69. The average molecular weight is 449 g/mol. The summed E-state index contributed by atoms with van der Waals surface area (Å²) >= 11 is 1.61. The van der Waals surface area contributed by atoms with Crippen LogP contribution in [0.4, 0.5) is 0 Å². The van der Waals surface area contributed by atoms with E-state index in [0.29, 0.717) is 24.4 Å². The summed E-state index contributed by atoms with van der Waals surface area (Å²) in [5.74, 6) is 1.03. The molecule has 1 saturated carbocycles. The number of H-pyrrole nitrogens is 1. The van der Waals surface area contributed by atoms with Crippen LogP contribution in [0.15, 0.2) is 24.7 Å². The van der Waals surface area contributed by atoms with Crippen molar-refractivity contribution in [3.63, 3.8) is 0 Å². The Bertz CT molecular complexity index is 1350. The number of nitrogens with two attached hydrogens (primary N) is 1. The fourth-order valence-corrected chi connectivity index (χ4v) is 6.96. The zero-order valence-electron chi connectivity index (χ0n) is 18.6. The van der Waals surface area contributed by atoms with Gasteiger partial charge in [-0.15, -0.1) is 11.3 Å². The lowest BCUT2D eigenvalue weighted by atomic mass is 9.94. The zero-order valence-corrected chi connectivity index (χ0v) is 19.4. The first-order valence-corrected chi connectivity index (χ1v) is 12.2. The van der Waals surface area contributed by atoms with E-state index in [-0.39, 0.29) is 11.9 Å². The van der Waals surface area contributed by atoms with Crippen molar-refractivity contribution in [2.45, 2.75) is 58.0 Å². The van der Waals surface area contributed by atoms with E-state index in [4.69, 9.17) is 5.73 Å². The predicted octanol–water partition coefficient (Wildman–Crippen LogP) is 4.32. The van der Waals surface area contributed by atoms with Crippen LogP contribution in [0.5, 0.6) is 0 Å². The summed E-state index contributed by atoms with van der Waals surface area (Å²) in [5.41, 5.74) is 12.8. The molecule has 4 aromatic heterocycles. The Morgan fingerprint density at radius 3 is 2.97 bits per heavy atom. The maximum atomic E-state index is 13.4. The molecular formula is C24H28N6OS. The molecule has 0 radical (unpaired) electrons. The molecule has 0 unspecified atom stereocenters. The second-order valence-electron chi connectivity index (χ2n) is 9.71. The first-order valence-electron chi connectivity index (χ1n) is 11.4. The van der Waals surface area contributed by atoms with E-state index in [1.807, 2.05) is 21.7 Å². The maximum Gasteiger partial charge on any atom is 0.264 e. The molecule has 0 aromatic carbocycles. The molecule has 1 amide bonds. The molecule has 4 aromatic rings. The second kappa shape index (κ2) is 7.15. The summed E-state index contributed by atoms with van der Waals surface area (Å²) < 4.78 is 2.99. The number of aromatic amines is 1. The third kappa shape index (κ3) is 2.93. The SMILES string of the molecule is Cc1cc(-c2[nH]c3cc(C(=O)N4C[C@H](N)[C@@H]5CC[C@@H]4C5)sc3c2C(C)C)cn2ncnc12. The Morgan fingerprint density at radius 1 is 1.31 bits per heavy atom. The Kier molecular flexibility index (Phi) is 4.45. The number of likely N-dealkylation sites (tertiary alicyclic amines) is 1. The van der Waals surface area contributed by atoms with Crippen molar-refractivity contribution in [2.75, 3.05) is 6.54 Å². The van der Waals surface area contributed by atoms with E-state index in [1.54, 1.807) is 17.7 Å². The number of pyridine rings is 1. The number of hydrogen-bond acceptors (Lipinski definition) is 5. The first-order chi connectivity index (χ1) is 15.4. The van der Waals surface area contributed by atoms with Gasteiger partial charge < -0.3 is 15.6 Å². The molecule has 3 atom stereocenters. The number of piperidine rings is 1. The Labute approximate surface area is 190 Å². The Balaban J connectivity index is 1.41. The summed E-state index contributed by atoms with van der Waals surface area (Å²) in [6.45, 7) is 7.15. The van der Waals surface area contributed by atoms with Gasteiger partial charge in [-0.2, -0.15) is 5.10 Å². The van der Waals surface area contributed by atoms with E-state index in [9.17, 15) is 4.79 Å². The molecule has 2 fully saturated rings. The molecule has 7 nitrogen and oxygen atoms in total. The van der Waals surface area contributed by atoms with Crippen molar-refractivity contribution < 1.29 is 4.79 Å². The molecule has 0 spiro atoms. The quantitative estimate of drug-likeness (QED) is 0.488. The highest BCUT2D eigenvalue weighted by molar-refractivity contribution is 7.21. The highest BCUT2D eigenvalue weighted by atomic mass is 32.1. The molecular weight excluding hydrogens is 420 g/mol. The summed E-state index contributed by atoms with van der Waals surface area (Å²) in [7, 11) is 0. The van der Waals surface area contributed by atoms with Gasteiger partial charge in [0, 0.05) is 30.4 Å². The number of thiophene rings is 1. The number of nitrogens with zero attached hydrogens (tertiary/aromatic N) is 4. The largest absolute Gasteiger partial charge is 0.354 e. The molecule has 2 aliphatic rings. The van der Waals surface area contributed by atoms with Crippen molar-refractivity contribution in [3.8, 4) is 11.3 Å². The summed E-state index contributed by atoms with van der Waals surface area (Å²) in [4.78, 5) is 24.2. The maximum absolute atomic E-state index is 13.4. The third-order valence-corrected chi connectivity index (χ3v) is 8.46. The molecule has 5 heterocycles. The number of fused-ring (bicyclic) bond motifs is 4. The van der Waals surface area contributed by atoms with Gasteiger partial charge >= 0.3 is 0 Å². The van der Waals surface area contributed by atoms with Gasteiger partial charge in [-0.05, 0) is 61.3 Å². The van der Waals surface area contributed by atoms with Crippen molar-refractivity contribution in [1.82, 2.24) is 24.5 Å². The lowest BCUT2D eigenvalue weighted by molar-refractivity contribution is 0.0608. The minimum atomic E-state index is 0.107. The minimum absolute atomic E-state index is 0.107. The van der Waals surface area contributed by atoms with Crippen LogP contribution in [0.2, 0.25) is 0 Å². The molecule has 6 rings (SSSR count). The van der Waals surface area contributed by atoms with Gasteiger partial charge in [0.05, 0.1) is 20.8 Å². The highest BCUT2D eigenvalue weighted by Crippen LogP contribution is 2.42. The highest BCUT2D eigenvalue weighted by Gasteiger charge is 2.41. The van der Waals surface area contributed by atoms with E-state index in [0.717, 1.165) is 52.1 Å². The third-order valence-electron chi connectivity index (χ3n) is 7.30. The van der Waals surface area contributed by atoms with Crippen LogP contribution in [0.3, 0.4) is 0 Å². The van der Waals surface area contributed by atoms with Gasteiger partial charge in [0.2, 0.25) is 0 Å². The van der Waals surface area contributed by atoms with Crippen LogP contribution in [-0.2, 0) is 0 Å². The summed E-state index contributed by atoms with van der Waals surface area (Å²) in [6.07, 6.45) is 6.89. The number of aryl methyl sites for hydroxylation is 1. The van der Waals surface area contributed by atoms with Gasteiger partial charge in [0.1, 0.15) is 6.33 Å². The average Bonchev–Trinajstić information content (AvgIpc) is 3.51. The van der Waals surface area contributed by atoms with Gasteiger partial charge in [-0.25, -0.2) is 9.50 Å². The number of amides is 1. The predicted molar refractivity (Wildman–Crippen MR) is 127 cm³/mol. The Hall–Kier alpha value is -2.71. The molecule has 1 aliphatic carbocycles. The van der Waals surface area contributed by atoms with Crippen LogP contribution in [0.1, 0.15) is 59.8 Å². The molecule has 1 aliphatic heterocycles. The number of nitrogens with one attached hydrogen (secondary N) is 1. The van der Waals surface area contributed by atoms with Crippen molar-refractivity contribution in [3.05, 3.63) is 40.7 Å². The number of hydrogen-bond donors (Lipinski definition) is 2. The molecule has 8 heteroatoms. The number of carbonyl (C=O) groups is 1. The first kappa shape index (κ1) is 19.9. The van der Waals surface area contributed by atoms with Gasteiger partial charge in [-0.1, -0.05) is 13.8 Å². The number of aromatic nitrogens is 4. The van der Waals surface area contributed by atoms with E-state index >= 15 is 0 Å². The topological polar surface area (TPSA) is 92.3 Å². The van der Waals surface area contributed by atoms with Crippen LogP contribution < -0.4 is 5.73 Å². The van der Waals surface area contributed by atoms with Gasteiger partial charge in [0.15, 0.2) is 5.65 Å². The standard InChI is InChI=1S/C24H28N6OS/c1-12(2)20-21(15-6-13(3)23-26-11-27-30(23)9-15)28-18-8-19(32-22(18)20)24(31)29-10-17(25)14-4-5-16(29)7-14/h6,8-9,11-12,14,16-17,28H,4-5,7,10,25H2,1-3H3/t14-,16-,17+/m1/s1. The van der Waals surface area contributed by atoms with E-state index in [1.165, 1.54) is 10.3 Å². The summed E-state index contributed by atoms with van der Waals surface area (Å²) in [6, 6.07) is 4.65. The van der Waals surface area contributed by atoms with Crippen LogP contribution in [0, 0.1) is 12.8 Å². The van der Waals surface area contributed by atoms with Crippen LogP contribution >= 0.6 is 11.3 Å². The van der Waals surface area contributed by atoms with Gasteiger partial charge in [0.25, 0.3) is 5.91 Å². The van der Waals surface area contributed by atoms with Crippen LogP contribution in [0.25, 0.3) is 27.1 Å². The molecule has 166 valence electrons. The monoisotopic (exact) mass is 448 g/mol. The fraction of sp³-hybridized carbons (Fsp3) is 0.458. The number of rotatable bonds is 3. The lowest BCUT2D eigenvalue weighted by Crippen LogP contribution is -2.51. The van der Waals surface area contributed by atoms with E-state index in [2.05, 4.69) is 41.9 Å². The molecule has 2 bridgehead atoms. The zero-order chi connectivity index (χ0) is 22.1. The molecule has 1 saturated heterocycles. The molecule has 32 heavy (non-hydrogen) atoms. The summed E-state index contributed by atoms with van der Waals surface area (Å²) in [5, 5.41) is 4.33. The van der Waals surface area contributed by atoms with Crippen molar-refractivity contribution in [2.24, 2.45) is 11.7 Å². The second-order valence-corrected chi connectivity index (χ2v) is 10.8. The van der Waals surface area contributed by atoms with Gasteiger partial charge in [-0.3, -0.25) is 4.79 Å². The van der Waals surface area contributed by atoms with Crippen LogP contribution in [-0.4, -0.2) is 49.0 Å². The Morgan fingerprint density at radius 2 is 2.16 bits per heavy atom. The lowest BCUT2D eigenvalue weighted by Gasteiger charge is -2.36. The smallest absolute Gasteiger partial charge is 0.264 e. The molecule has 3 N–H and O–H groups in total. The number of carbonyl (C=O) groups excluding carboxylic acids is 1. The minimum Gasteiger partial charge on any atom is -0.354 e. The van der Waals surface area contributed by atoms with Crippen molar-refractivity contribution in [1.29, 1.82) is 0 Å².